The molecule has 0 radical (unpaired) electrons. The highest BCUT2D eigenvalue weighted by molar-refractivity contribution is 5.78. The maximum absolute atomic E-state index is 4.81. The van der Waals surface area contributed by atoms with Crippen molar-refractivity contribution in [3.8, 4) is 17.1 Å². The van der Waals surface area contributed by atoms with Gasteiger partial charge < -0.3 is 0 Å². The number of benzene rings is 2. The third-order valence-electron chi connectivity index (χ3n) is 4.90. The summed E-state index contributed by atoms with van der Waals surface area (Å²) in [5, 5.41) is 0. The summed E-state index contributed by atoms with van der Waals surface area (Å²) < 4.78 is 6.65. The normalized spacial score (nSPS) is 12.6. The fourth-order valence-corrected chi connectivity index (χ4v) is 3.86. The van der Waals surface area contributed by atoms with Gasteiger partial charge in [-0.2, -0.15) is 0 Å². The molecule has 1 aliphatic rings. The molecule has 0 N–H and O–H groups in total. The van der Waals surface area contributed by atoms with E-state index in [1.54, 1.807) is 6.20 Å². The first kappa shape index (κ1) is 12.9. The standard InChI is InChI=1S/C20H14N5/c1-2-8-15(9-3-1)25-18-16-10-5-4-7-14(16)13-24(18)17-19(25)23-12-6-11-21-20(23)22-17/h1-12H,13H2/q+1. The highest BCUT2D eigenvalue weighted by Gasteiger charge is 2.36. The molecule has 0 amide bonds. The minimum Gasteiger partial charge on any atom is -0.238 e. The number of rotatable bonds is 1. The summed E-state index contributed by atoms with van der Waals surface area (Å²) in [4.78, 5) is 9.24. The summed E-state index contributed by atoms with van der Waals surface area (Å²) in [6.07, 6.45) is 3.81. The number of hydrogen-bond donors (Lipinski definition) is 0. The molecule has 0 fully saturated rings. The lowest BCUT2D eigenvalue weighted by molar-refractivity contribution is -0.647. The van der Waals surface area contributed by atoms with Gasteiger partial charge in [-0.1, -0.05) is 41.4 Å². The highest BCUT2D eigenvalue weighted by Crippen LogP contribution is 2.33. The lowest BCUT2D eigenvalue weighted by Crippen LogP contribution is -2.31. The minimum atomic E-state index is 0.725. The van der Waals surface area contributed by atoms with Crippen LogP contribution < -0.4 is 4.57 Å². The number of imidazole rings is 2. The van der Waals surface area contributed by atoms with Crippen molar-refractivity contribution in [2.45, 2.75) is 6.54 Å². The Morgan fingerprint density at radius 2 is 1.76 bits per heavy atom. The zero-order chi connectivity index (χ0) is 16.4. The van der Waals surface area contributed by atoms with Gasteiger partial charge in [-0.15, -0.1) is 0 Å². The van der Waals surface area contributed by atoms with E-state index in [1.807, 2.05) is 18.3 Å². The maximum atomic E-state index is 4.81. The topological polar surface area (TPSA) is 39.0 Å². The van der Waals surface area contributed by atoms with Crippen molar-refractivity contribution in [3.63, 3.8) is 0 Å². The second-order valence-electron chi connectivity index (χ2n) is 6.29. The van der Waals surface area contributed by atoms with E-state index in [0.717, 1.165) is 29.3 Å². The molecule has 1 aliphatic heterocycles. The molecule has 0 saturated carbocycles. The van der Waals surface area contributed by atoms with E-state index >= 15 is 0 Å². The Morgan fingerprint density at radius 3 is 2.68 bits per heavy atom. The molecule has 5 nitrogen and oxygen atoms in total. The number of fused-ring (bicyclic) bond motifs is 7. The molecule has 0 atom stereocenters. The Hall–Kier alpha value is -3.47. The average molecular weight is 324 g/mol. The van der Waals surface area contributed by atoms with Crippen molar-refractivity contribution in [2.75, 3.05) is 0 Å². The van der Waals surface area contributed by atoms with Crippen LogP contribution in [0.15, 0.2) is 73.1 Å². The lowest BCUT2D eigenvalue weighted by Gasteiger charge is -2.04. The van der Waals surface area contributed by atoms with Gasteiger partial charge in [-0.3, -0.25) is 0 Å². The predicted molar refractivity (Wildman–Crippen MR) is 94.6 cm³/mol. The Kier molecular flexibility index (Phi) is 2.34. The number of hydrogen-bond acceptors (Lipinski definition) is 2. The molecule has 0 bridgehead atoms. The number of para-hydroxylation sites is 1. The Bertz CT molecular complexity index is 1260. The van der Waals surface area contributed by atoms with Gasteiger partial charge in [0.1, 0.15) is 5.69 Å². The van der Waals surface area contributed by atoms with Crippen LogP contribution in [0.4, 0.5) is 0 Å². The molecule has 5 aromatic rings. The smallest absolute Gasteiger partial charge is 0.238 e. The van der Waals surface area contributed by atoms with Crippen LogP contribution in [0.3, 0.4) is 0 Å². The van der Waals surface area contributed by atoms with Crippen molar-refractivity contribution in [2.24, 2.45) is 0 Å². The summed E-state index contributed by atoms with van der Waals surface area (Å²) >= 11 is 0. The first-order chi connectivity index (χ1) is 12.4. The largest absolute Gasteiger partial charge is 0.325 e. The quantitative estimate of drug-likeness (QED) is 0.436. The van der Waals surface area contributed by atoms with Crippen LogP contribution in [0.5, 0.6) is 0 Å². The van der Waals surface area contributed by atoms with Crippen LogP contribution in [-0.4, -0.2) is 18.9 Å². The zero-order valence-electron chi connectivity index (χ0n) is 13.4. The molecule has 6 rings (SSSR count). The van der Waals surface area contributed by atoms with Gasteiger partial charge >= 0.3 is 11.4 Å². The summed E-state index contributed by atoms with van der Waals surface area (Å²) in [6, 6.07) is 21.0. The van der Waals surface area contributed by atoms with Gasteiger partial charge in [0.05, 0.1) is 12.1 Å². The van der Waals surface area contributed by atoms with Gasteiger partial charge in [0.15, 0.2) is 0 Å². The van der Waals surface area contributed by atoms with Crippen molar-refractivity contribution < 1.29 is 4.57 Å². The van der Waals surface area contributed by atoms with Crippen molar-refractivity contribution >= 4 is 17.1 Å². The molecule has 0 saturated heterocycles. The third kappa shape index (κ3) is 1.59. The van der Waals surface area contributed by atoms with E-state index < -0.39 is 0 Å². The second kappa shape index (κ2) is 4.54. The molecular formula is C20H14N5+. The van der Waals surface area contributed by atoms with Gasteiger partial charge in [-0.25, -0.2) is 18.5 Å². The predicted octanol–water partition coefficient (Wildman–Crippen LogP) is 2.99. The summed E-state index contributed by atoms with van der Waals surface area (Å²) in [5.41, 5.74) is 5.74. The van der Waals surface area contributed by atoms with Gasteiger partial charge in [0.2, 0.25) is 5.82 Å². The molecule has 4 heterocycles. The first-order valence-corrected chi connectivity index (χ1v) is 8.33. The maximum Gasteiger partial charge on any atom is 0.325 e. The van der Waals surface area contributed by atoms with Crippen LogP contribution in [-0.2, 0) is 6.54 Å². The summed E-state index contributed by atoms with van der Waals surface area (Å²) in [5.74, 6) is 1.90. The van der Waals surface area contributed by atoms with E-state index in [1.165, 1.54) is 17.0 Å². The van der Waals surface area contributed by atoms with Gasteiger partial charge in [0, 0.05) is 18.0 Å². The van der Waals surface area contributed by atoms with Gasteiger partial charge in [0.25, 0.3) is 5.65 Å². The van der Waals surface area contributed by atoms with Crippen LogP contribution in [0, 0.1) is 0 Å². The fourth-order valence-electron chi connectivity index (χ4n) is 3.86. The number of aromatic nitrogens is 5. The average Bonchev–Trinajstić information content (AvgIpc) is 3.30. The van der Waals surface area contributed by atoms with Crippen LogP contribution in [0.25, 0.3) is 34.1 Å². The van der Waals surface area contributed by atoms with Crippen LogP contribution in [0.2, 0.25) is 0 Å². The van der Waals surface area contributed by atoms with Crippen LogP contribution in [0.1, 0.15) is 5.56 Å². The SMILES string of the molecule is c1ccc(-n2c3[n+](c4nc5ncccn5c42)Cc2ccccc2-3)cc1. The first-order valence-electron chi connectivity index (χ1n) is 8.33. The monoisotopic (exact) mass is 324 g/mol. The molecule has 0 unspecified atom stereocenters. The van der Waals surface area contributed by atoms with E-state index in [-0.39, 0.29) is 0 Å². The Balaban J connectivity index is 1.84. The minimum absolute atomic E-state index is 0.725. The van der Waals surface area contributed by atoms with Crippen molar-refractivity contribution in [1.82, 2.24) is 18.9 Å². The molecule has 25 heavy (non-hydrogen) atoms. The Labute approximate surface area is 143 Å². The molecule has 118 valence electrons. The fraction of sp³-hybridized carbons (Fsp3) is 0.0500. The second-order valence-corrected chi connectivity index (χ2v) is 6.29. The van der Waals surface area contributed by atoms with E-state index in [4.69, 9.17) is 4.98 Å². The molecule has 3 aromatic heterocycles. The Morgan fingerprint density at radius 1 is 0.920 bits per heavy atom. The molecular weight excluding hydrogens is 310 g/mol. The molecule has 0 aliphatic carbocycles. The van der Waals surface area contributed by atoms with Gasteiger partial charge in [-0.05, 0) is 24.3 Å². The van der Waals surface area contributed by atoms with Crippen molar-refractivity contribution in [3.05, 3.63) is 78.6 Å². The third-order valence-corrected chi connectivity index (χ3v) is 4.90. The van der Waals surface area contributed by atoms with E-state index in [9.17, 15) is 0 Å². The van der Waals surface area contributed by atoms with E-state index in [2.05, 4.69) is 67.0 Å². The van der Waals surface area contributed by atoms with E-state index in [0.29, 0.717) is 0 Å². The molecule has 2 aromatic carbocycles. The highest BCUT2D eigenvalue weighted by atomic mass is 15.3. The molecule has 0 spiro atoms. The summed E-state index contributed by atoms with van der Waals surface area (Å²) in [6.45, 7) is 0.839. The lowest BCUT2D eigenvalue weighted by atomic mass is 10.1. The molecule has 5 heteroatoms. The van der Waals surface area contributed by atoms with Crippen LogP contribution >= 0.6 is 0 Å². The zero-order valence-corrected chi connectivity index (χ0v) is 13.4. The number of nitrogens with zero attached hydrogens (tertiary/aromatic N) is 5. The van der Waals surface area contributed by atoms with Crippen molar-refractivity contribution in [1.29, 1.82) is 0 Å². The summed E-state index contributed by atoms with van der Waals surface area (Å²) in [7, 11) is 0.